The molecule has 0 fully saturated rings. The largest absolute Gasteiger partial charge is 0.444 e. The zero-order chi connectivity index (χ0) is 13.6. The molecule has 17 heavy (non-hydrogen) atoms. The molecule has 0 aliphatic carbocycles. The lowest BCUT2D eigenvalue weighted by molar-refractivity contribution is 0.0533. The van der Waals surface area contributed by atoms with Gasteiger partial charge in [-0.05, 0) is 38.8 Å². The van der Waals surface area contributed by atoms with Crippen molar-refractivity contribution in [2.75, 3.05) is 6.54 Å². The molecule has 96 valence electrons. The Morgan fingerprint density at radius 2 is 1.94 bits per heavy atom. The molecule has 0 atom stereocenters. The predicted molar refractivity (Wildman–Crippen MR) is 72.1 cm³/mol. The SMILES string of the molecule is C=C(CNC(=O)OC(C)(C)C)C(=C)C(Cl)=CC. The van der Waals surface area contributed by atoms with Gasteiger partial charge in [-0.25, -0.2) is 4.79 Å². The van der Waals surface area contributed by atoms with E-state index < -0.39 is 11.7 Å². The highest BCUT2D eigenvalue weighted by Crippen LogP contribution is 2.18. The van der Waals surface area contributed by atoms with Gasteiger partial charge in [0.05, 0.1) is 0 Å². The number of ether oxygens (including phenoxy) is 1. The van der Waals surface area contributed by atoms with Crippen LogP contribution in [0.4, 0.5) is 4.79 Å². The Kier molecular flexibility index (Phi) is 6.03. The fraction of sp³-hybridized carbons (Fsp3) is 0.462. The van der Waals surface area contributed by atoms with Crippen molar-refractivity contribution in [3.8, 4) is 0 Å². The van der Waals surface area contributed by atoms with E-state index in [1.165, 1.54) is 0 Å². The van der Waals surface area contributed by atoms with E-state index in [1.807, 2.05) is 6.92 Å². The summed E-state index contributed by atoms with van der Waals surface area (Å²) >= 11 is 5.89. The molecule has 0 aromatic rings. The Bertz CT molecular complexity index is 351. The number of hydrogen-bond acceptors (Lipinski definition) is 2. The van der Waals surface area contributed by atoms with Crippen molar-refractivity contribution in [3.63, 3.8) is 0 Å². The van der Waals surface area contributed by atoms with Gasteiger partial charge in [0, 0.05) is 11.6 Å². The number of amides is 1. The summed E-state index contributed by atoms with van der Waals surface area (Å²) < 4.78 is 5.09. The Labute approximate surface area is 108 Å². The molecule has 0 aliphatic rings. The summed E-state index contributed by atoms with van der Waals surface area (Å²) in [7, 11) is 0. The number of nitrogens with one attached hydrogen (secondary N) is 1. The first-order valence-corrected chi connectivity index (χ1v) is 5.71. The molecular formula is C13H20ClNO2. The quantitative estimate of drug-likeness (QED) is 0.779. The minimum atomic E-state index is -0.511. The van der Waals surface area contributed by atoms with Gasteiger partial charge < -0.3 is 10.1 Å². The second-order valence-electron chi connectivity index (χ2n) is 4.57. The fourth-order valence-electron chi connectivity index (χ4n) is 0.943. The van der Waals surface area contributed by atoms with Crippen LogP contribution in [0, 0.1) is 0 Å². The Hall–Kier alpha value is -1.22. The lowest BCUT2D eigenvalue weighted by Gasteiger charge is -2.20. The lowest BCUT2D eigenvalue weighted by atomic mass is 10.1. The first-order valence-electron chi connectivity index (χ1n) is 5.33. The number of allylic oxidation sites excluding steroid dienone is 2. The standard InChI is InChI=1S/C13H20ClNO2/c1-7-11(14)10(3)9(2)8-15-12(16)17-13(4,5)6/h7H,2-3,8H2,1,4-6H3,(H,15,16). The molecule has 0 bridgehead atoms. The van der Waals surface area contributed by atoms with Crippen molar-refractivity contribution in [1.82, 2.24) is 5.32 Å². The van der Waals surface area contributed by atoms with Crippen LogP contribution in [0.5, 0.6) is 0 Å². The molecule has 3 nitrogen and oxygen atoms in total. The van der Waals surface area contributed by atoms with E-state index >= 15 is 0 Å². The minimum absolute atomic E-state index is 0.262. The van der Waals surface area contributed by atoms with E-state index in [0.717, 1.165) is 0 Å². The van der Waals surface area contributed by atoms with Crippen molar-refractivity contribution in [1.29, 1.82) is 0 Å². The molecule has 0 aromatic heterocycles. The molecule has 0 aliphatic heterocycles. The molecule has 4 heteroatoms. The van der Waals surface area contributed by atoms with Crippen LogP contribution in [0.15, 0.2) is 35.4 Å². The molecule has 0 unspecified atom stereocenters. The maximum Gasteiger partial charge on any atom is 0.407 e. The van der Waals surface area contributed by atoms with Crippen molar-refractivity contribution in [2.45, 2.75) is 33.3 Å². The summed E-state index contributed by atoms with van der Waals surface area (Å²) in [4.78, 5) is 11.4. The number of rotatable bonds is 4. The van der Waals surface area contributed by atoms with Crippen LogP contribution >= 0.6 is 11.6 Å². The highest BCUT2D eigenvalue weighted by Gasteiger charge is 2.16. The average Bonchev–Trinajstić information content (AvgIpc) is 2.21. The Morgan fingerprint density at radius 3 is 2.35 bits per heavy atom. The number of halogens is 1. The number of alkyl carbamates (subject to hydrolysis) is 1. The zero-order valence-electron chi connectivity index (χ0n) is 10.9. The summed E-state index contributed by atoms with van der Waals surface area (Å²) in [6.07, 6.45) is 1.24. The smallest absolute Gasteiger partial charge is 0.407 e. The third-order valence-corrected chi connectivity index (χ3v) is 2.26. The molecule has 1 N–H and O–H groups in total. The number of carbonyl (C=O) groups excluding carboxylic acids is 1. The van der Waals surface area contributed by atoms with Crippen LogP contribution in [-0.4, -0.2) is 18.2 Å². The van der Waals surface area contributed by atoms with E-state index in [4.69, 9.17) is 16.3 Å². The maximum absolute atomic E-state index is 11.4. The van der Waals surface area contributed by atoms with Crippen LogP contribution in [0.3, 0.4) is 0 Å². The van der Waals surface area contributed by atoms with Gasteiger partial charge in [-0.3, -0.25) is 0 Å². The van der Waals surface area contributed by atoms with Crippen LogP contribution < -0.4 is 5.32 Å². The van der Waals surface area contributed by atoms with Crippen LogP contribution in [-0.2, 0) is 4.74 Å². The highest BCUT2D eigenvalue weighted by atomic mass is 35.5. The van der Waals surface area contributed by atoms with Crippen molar-refractivity contribution in [3.05, 3.63) is 35.4 Å². The Morgan fingerprint density at radius 1 is 1.41 bits per heavy atom. The normalized spacial score (nSPS) is 11.9. The van der Waals surface area contributed by atoms with Crippen molar-refractivity contribution < 1.29 is 9.53 Å². The summed E-state index contributed by atoms with van der Waals surface area (Å²) in [5, 5.41) is 3.12. The topological polar surface area (TPSA) is 38.3 Å². The monoisotopic (exact) mass is 257 g/mol. The van der Waals surface area contributed by atoms with E-state index in [1.54, 1.807) is 26.8 Å². The first-order chi connectivity index (χ1) is 7.67. The first kappa shape index (κ1) is 15.8. The number of hydrogen-bond donors (Lipinski definition) is 1. The van der Waals surface area contributed by atoms with E-state index in [9.17, 15) is 4.79 Å². The molecule has 0 heterocycles. The third-order valence-electron chi connectivity index (χ3n) is 1.81. The summed E-state index contributed by atoms with van der Waals surface area (Å²) in [6, 6.07) is 0. The van der Waals surface area contributed by atoms with E-state index in [2.05, 4.69) is 18.5 Å². The van der Waals surface area contributed by atoms with E-state index in [0.29, 0.717) is 16.2 Å². The van der Waals surface area contributed by atoms with Crippen molar-refractivity contribution >= 4 is 17.7 Å². The third kappa shape index (κ3) is 6.84. The molecule has 0 spiro atoms. The molecule has 0 radical (unpaired) electrons. The number of carbonyl (C=O) groups is 1. The Balaban J connectivity index is 4.18. The van der Waals surface area contributed by atoms with E-state index in [-0.39, 0.29) is 6.54 Å². The van der Waals surface area contributed by atoms with Gasteiger partial charge in [-0.1, -0.05) is 30.8 Å². The summed E-state index contributed by atoms with van der Waals surface area (Å²) in [6.45, 7) is 15.1. The maximum atomic E-state index is 11.4. The van der Waals surface area contributed by atoms with Gasteiger partial charge in [0.15, 0.2) is 0 Å². The molecule has 0 rings (SSSR count). The highest BCUT2D eigenvalue weighted by molar-refractivity contribution is 6.32. The van der Waals surface area contributed by atoms with Gasteiger partial charge in [0.1, 0.15) is 5.60 Å². The molecule has 1 amide bonds. The molecular weight excluding hydrogens is 238 g/mol. The second kappa shape index (κ2) is 6.50. The zero-order valence-corrected chi connectivity index (χ0v) is 11.6. The van der Waals surface area contributed by atoms with Crippen LogP contribution in [0.2, 0.25) is 0 Å². The van der Waals surface area contributed by atoms with Gasteiger partial charge in [0.25, 0.3) is 0 Å². The van der Waals surface area contributed by atoms with Crippen molar-refractivity contribution in [2.24, 2.45) is 0 Å². The van der Waals surface area contributed by atoms with Gasteiger partial charge in [-0.2, -0.15) is 0 Å². The molecule has 0 saturated carbocycles. The lowest BCUT2D eigenvalue weighted by Crippen LogP contribution is -2.33. The summed E-state index contributed by atoms with van der Waals surface area (Å²) in [5.41, 5.74) is 0.757. The second-order valence-corrected chi connectivity index (χ2v) is 4.98. The average molecular weight is 258 g/mol. The molecule has 0 aromatic carbocycles. The van der Waals surface area contributed by atoms with Crippen LogP contribution in [0.1, 0.15) is 27.7 Å². The van der Waals surface area contributed by atoms with Crippen LogP contribution in [0.25, 0.3) is 0 Å². The van der Waals surface area contributed by atoms with Gasteiger partial charge in [-0.15, -0.1) is 0 Å². The summed E-state index contributed by atoms with van der Waals surface area (Å²) in [5.74, 6) is 0. The fourth-order valence-corrected chi connectivity index (χ4v) is 1.08. The minimum Gasteiger partial charge on any atom is -0.444 e. The van der Waals surface area contributed by atoms with Gasteiger partial charge in [0.2, 0.25) is 0 Å². The molecule has 0 saturated heterocycles. The predicted octanol–water partition coefficient (Wildman–Crippen LogP) is 3.77. The van der Waals surface area contributed by atoms with Gasteiger partial charge >= 0.3 is 6.09 Å².